The maximum absolute atomic E-state index is 12.6. The first-order valence-electron chi connectivity index (χ1n) is 10.8. The number of rotatable bonds is 5. The number of nitrogens with one attached hydrogen (secondary N) is 1. The molecule has 1 N–H and O–H groups in total. The lowest BCUT2D eigenvalue weighted by atomic mass is 10.1. The van der Waals surface area contributed by atoms with Crippen LogP contribution in [0.1, 0.15) is 29.5 Å². The highest BCUT2D eigenvalue weighted by molar-refractivity contribution is 5.89. The van der Waals surface area contributed by atoms with E-state index in [1.54, 1.807) is 0 Å². The molecule has 0 spiro atoms. The third-order valence-corrected chi connectivity index (χ3v) is 5.90. The summed E-state index contributed by atoms with van der Waals surface area (Å²) in [6.45, 7) is 7.75. The minimum atomic E-state index is -0.0484. The average molecular weight is 407 g/mol. The molecule has 3 amide bonds. The Hall–Kier alpha value is -2.86. The van der Waals surface area contributed by atoms with Crippen molar-refractivity contribution in [2.24, 2.45) is 0 Å². The van der Waals surface area contributed by atoms with Gasteiger partial charge in [-0.15, -0.1) is 0 Å². The molecule has 4 rings (SSSR count). The van der Waals surface area contributed by atoms with E-state index in [1.807, 2.05) is 34.1 Å². The van der Waals surface area contributed by atoms with E-state index in [2.05, 4.69) is 41.4 Å². The molecule has 0 bridgehead atoms. The Morgan fingerprint density at radius 1 is 0.933 bits per heavy atom. The van der Waals surface area contributed by atoms with Gasteiger partial charge in [0.05, 0.1) is 0 Å². The van der Waals surface area contributed by atoms with E-state index in [9.17, 15) is 9.59 Å². The number of likely N-dealkylation sites (tertiary alicyclic amines) is 1. The number of benzene rings is 2. The number of urea groups is 1. The van der Waals surface area contributed by atoms with Gasteiger partial charge in [-0.2, -0.15) is 0 Å². The van der Waals surface area contributed by atoms with Gasteiger partial charge in [0, 0.05) is 57.9 Å². The summed E-state index contributed by atoms with van der Waals surface area (Å²) < 4.78 is 0. The molecule has 2 fully saturated rings. The molecule has 0 atom stereocenters. The summed E-state index contributed by atoms with van der Waals surface area (Å²) in [4.78, 5) is 30.6. The topological polar surface area (TPSA) is 55.9 Å². The molecule has 0 aromatic heterocycles. The predicted molar refractivity (Wildman–Crippen MR) is 118 cm³/mol. The lowest BCUT2D eigenvalue weighted by molar-refractivity contribution is -0.128. The molecular formula is C24H30N4O2. The van der Waals surface area contributed by atoms with E-state index in [-0.39, 0.29) is 11.9 Å². The van der Waals surface area contributed by atoms with Crippen LogP contribution in [-0.4, -0.2) is 59.4 Å². The average Bonchev–Trinajstić information content (AvgIpc) is 3.14. The first-order valence-corrected chi connectivity index (χ1v) is 10.8. The largest absolute Gasteiger partial charge is 0.338 e. The van der Waals surface area contributed by atoms with E-state index in [0.717, 1.165) is 56.9 Å². The maximum Gasteiger partial charge on any atom is 0.321 e. The van der Waals surface area contributed by atoms with Crippen LogP contribution in [0.3, 0.4) is 0 Å². The Bertz CT molecular complexity index is 888. The number of carbonyl (C=O) groups is 2. The summed E-state index contributed by atoms with van der Waals surface area (Å²) in [6, 6.07) is 16.4. The van der Waals surface area contributed by atoms with Gasteiger partial charge in [-0.25, -0.2) is 4.79 Å². The zero-order chi connectivity index (χ0) is 20.9. The monoisotopic (exact) mass is 406 g/mol. The van der Waals surface area contributed by atoms with Crippen molar-refractivity contribution >= 4 is 17.6 Å². The Morgan fingerprint density at radius 3 is 2.37 bits per heavy atom. The Labute approximate surface area is 178 Å². The molecule has 0 aliphatic carbocycles. The van der Waals surface area contributed by atoms with Gasteiger partial charge in [-0.05, 0) is 36.6 Å². The number of anilines is 1. The van der Waals surface area contributed by atoms with Gasteiger partial charge in [0.25, 0.3) is 0 Å². The van der Waals surface area contributed by atoms with Crippen molar-refractivity contribution in [3.8, 4) is 0 Å². The minimum Gasteiger partial charge on any atom is -0.338 e. The summed E-state index contributed by atoms with van der Waals surface area (Å²) in [6.07, 6.45) is 1.61. The molecule has 30 heavy (non-hydrogen) atoms. The van der Waals surface area contributed by atoms with Crippen molar-refractivity contribution in [3.63, 3.8) is 0 Å². The molecule has 0 radical (unpaired) electrons. The van der Waals surface area contributed by atoms with Crippen LogP contribution in [0.5, 0.6) is 0 Å². The first-order chi connectivity index (χ1) is 14.6. The number of hydrogen-bond acceptors (Lipinski definition) is 3. The van der Waals surface area contributed by atoms with E-state index in [4.69, 9.17) is 0 Å². The highest BCUT2D eigenvalue weighted by Gasteiger charge is 2.22. The van der Waals surface area contributed by atoms with Gasteiger partial charge >= 0.3 is 6.03 Å². The van der Waals surface area contributed by atoms with Crippen LogP contribution >= 0.6 is 0 Å². The summed E-state index contributed by atoms with van der Waals surface area (Å²) in [5.74, 6) is 0.230. The van der Waals surface area contributed by atoms with Gasteiger partial charge in [-0.1, -0.05) is 42.0 Å². The molecule has 6 nitrogen and oxygen atoms in total. The van der Waals surface area contributed by atoms with Crippen LogP contribution in [0.25, 0.3) is 0 Å². The quantitative estimate of drug-likeness (QED) is 0.827. The second-order valence-electron chi connectivity index (χ2n) is 8.30. The molecule has 2 aliphatic heterocycles. The van der Waals surface area contributed by atoms with Crippen LogP contribution < -0.4 is 5.32 Å². The summed E-state index contributed by atoms with van der Waals surface area (Å²) in [5, 5.41) is 3.00. The molecule has 2 aromatic carbocycles. The SMILES string of the molecule is Cc1cccc(CN2CCN(C(=O)Nc3ccc(CN4CCCC4=O)cc3)CC2)c1. The van der Waals surface area contributed by atoms with Crippen molar-refractivity contribution in [3.05, 3.63) is 65.2 Å². The fourth-order valence-corrected chi connectivity index (χ4v) is 4.17. The standard InChI is InChI=1S/C24H30N4O2/c1-19-4-2-5-21(16-19)17-26-12-14-27(15-13-26)24(30)25-22-9-7-20(8-10-22)18-28-11-3-6-23(28)29/h2,4-5,7-10,16H,3,6,11-15,17-18H2,1H3,(H,25,30). The maximum atomic E-state index is 12.6. The molecule has 2 aliphatic rings. The van der Waals surface area contributed by atoms with Crippen molar-refractivity contribution in [2.45, 2.75) is 32.9 Å². The van der Waals surface area contributed by atoms with Crippen molar-refractivity contribution in [1.82, 2.24) is 14.7 Å². The number of carbonyl (C=O) groups excluding carboxylic acids is 2. The van der Waals surface area contributed by atoms with E-state index < -0.39 is 0 Å². The van der Waals surface area contributed by atoms with Crippen LogP contribution in [0.2, 0.25) is 0 Å². The molecule has 0 unspecified atom stereocenters. The van der Waals surface area contributed by atoms with Crippen LogP contribution in [0.15, 0.2) is 48.5 Å². The lowest BCUT2D eigenvalue weighted by Crippen LogP contribution is -2.49. The van der Waals surface area contributed by atoms with E-state index >= 15 is 0 Å². The molecule has 2 heterocycles. The van der Waals surface area contributed by atoms with Gasteiger partial charge in [0.15, 0.2) is 0 Å². The van der Waals surface area contributed by atoms with Gasteiger partial charge in [0.2, 0.25) is 5.91 Å². The van der Waals surface area contributed by atoms with Gasteiger partial charge in [-0.3, -0.25) is 9.69 Å². The molecule has 2 aromatic rings. The Balaban J connectivity index is 1.24. The van der Waals surface area contributed by atoms with Crippen LogP contribution in [0, 0.1) is 6.92 Å². The smallest absolute Gasteiger partial charge is 0.321 e. The number of aryl methyl sites for hydroxylation is 1. The van der Waals surface area contributed by atoms with E-state index in [1.165, 1.54) is 11.1 Å². The second kappa shape index (κ2) is 9.30. The zero-order valence-electron chi connectivity index (χ0n) is 17.6. The van der Waals surface area contributed by atoms with Crippen molar-refractivity contribution < 1.29 is 9.59 Å². The molecular weight excluding hydrogens is 376 g/mol. The molecule has 6 heteroatoms. The van der Waals surface area contributed by atoms with Crippen LogP contribution in [-0.2, 0) is 17.9 Å². The number of piperazine rings is 1. The van der Waals surface area contributed by atoms with Gasteiger partial charge in [0.1, 0.15) is 0 Å². The zero-order valence-corrected chi connectivity index (χ0v) is 17.6. The second-order valence-corrected chi connectivity index (χ2v) is 8.30. The van der Waals surface area contributed by atoms with E-state index in [0.29, 0.717) is 13.0 Å². The fourth-order valence-electron chi connectivity index (χ4n) is 4.17. The van der Waals surface area contributed by atoms with Crippen LogP contribution in [0.4, 0.5) is 10.5 Å². The summed E-state index contributed by atoms with van der Waals surface area (Å²) in [7, 11) is 0. The van der Waals surface area contributed by atoms with Crippen molar-refractivity contribution in [1.29, 1.82) is 0 Å². The highest BCUT2D eigenvalue weighted by Crippen LogP contribution is 2.17. The first kappa shape index (κ1) is 20.4. The summed E-state index contributed by atoms with van der Waals surface area (Å²) in [5.41, 5.74) is 4.49. The molecule has 2 saturated heterocycles. The number of nitrogens with zero attached hydrogens (tertiary/aromatic N) is 3. The summed E-state index contributed by atoms with van der Waals surface area (Å²) >= 11 is 0. The molecule has 0 saturated carbocycles. The minimum absolute atomic E-state index is 0.0484. The third-order valence-electron chi connectivity index (χ3n) is 5.90. The number of amides is 3. The molecule has 158 valence electrons. The van der Waals surface area contributed by atoms with Crippen molar-refractivity contribution in [2.75, 3.05) is 38.0 Å². The van der Waals surface area contributed by atoms with Gasteiger partial charge < -0.3 is 15.1 Å². The normalized spacial score (nSPS) is 17.4. The number of hydrogen-bond donors (Lipinski definition) is 1. The fraction of sp³-hybridized carbons (Fsp3) is 0.417. The highest BCUT2D eigenvalue weighted by atomic mass is 16.2. The Kier molecular flexibility index (Phi) is 6.33. The Morgan fingerprint density at radius 2 is 1.70 bits per heavy atom. The third kappa shape index (κ3) is 5.19. The lowest BCUT2D eigenvalue weighted by Gasteiger charge is -2.34. The predicted octanol–water partition coefficient (Wildman–Crippen LogP) is 3.47.